The molecule has 25 heavy (non-hydrogen) atoms. The maximum atomic E-state index is 11.6. The zero-order valence-corrected chi connectivity index (χ0v) is 13.7. The summed E-state index contributed by atoms with van der Waals surface area (Å²) in [6, 6.07) is 28.8. The zero-order chi connectivity index (χ0) is 17.6. The first-order chi connectivity index (χ1) is 12.2. The Bertz CT molecular complexity index is 761. The second kappa shape index (κ2) is 7.77. The van der Waals surface area contributed by atoms with E-state index in [0.717, 1.165) is 16.7 Å². The van der Waals surface area contributed by atoms with Crippen molar-refractivity contribution in [2.24, 2.45) is 0 Å². The lowest BCUT2D eigenvalue weighted by molar-refractivity contribution is -0.148. The van der Waals surface area contributed by atoms with Crippen molar-refractivity contribution in [2.75, 3.05) is 0 Å². The van der Waals surface area contributed by atoms with Gasteiger partial charge >= 0.3 is 5.97 Å². The van der Waals surface area contributed by atoms with Crippen molar-refractivity contribution in [2.45, 2.75) is 17.9 Å². The quantitative estimate of drug-likeness (QED) is 0.716. The van der Waals surface area contributed by atoms with Gasteiger partial charge in [0.25, 0.3) is 0 Å². The third kappa shape index (κ3) is 3.78. The van der Waals surface area contributed by atoms with Gasteiger partial charge in [0, 0.05) is 11.8 Å². The molecule has 3 aromatic carbocycles. The molecule has 126 valence electrons. The third-order valence-electron chi connectivity index (χ3n) is 4.45. The molecule has 3 rings (SSSR count). The summed E-state index contributed by atoms with van der Waals surface area (Å²) in [4.78, 5) is 11.6. The highest BCUT2D eigenvalue weighted by Crippen LogP contribution is 2.40. The van der Waals surface area contributed by atoms with Crippen LogP contribution in [-0.4, -0.2) is 22.3 Å². The molecular weight excluding hydrogens is 312 g/mol. The van der Waals surface area contributed by atoms with Crippen LogP contribution in [0, 0.1) is 0 Å². The standard InChI is InChI=1S/C22H20O3/c23-21(22(24)25)20(18-14-8-3-9-15-18)19(16-10-4-1-5-11-16)17-12-6-2-7-13-17/h1-15,19-21,23H,(H,24,25)/t20-,21+/m1/s1. The van der Waals surface area contributed by atoms with E-state index < -0.39 is 18.0 Å². The average molecular weight is 332 g/mol. The van der Waals surface area contributed by atoms with Crippen LogP contribution in [0.3, 0.4) is 0 Å². The first-order valence-corrected chi connectivity index (χ1v) is 8.24. The maximum absolute atomic E-state index is 11.6. The number of aliphatic hydroxyl groups excluding tert-OH is 1. The Morgan fingerprint density at radius 3 is 1.36 bits per heavy atom. The van der Waals surface area contributed by atoms with Gasteiger partial charge in [0.2, 0.25) is 0 Å². The van der Waals surface area contributed by atoms with Crippen LogP contribution < -0.4 is 0 Å². The molecule has 0 aromatic heterocycles. The van der Waals surface area contributed by atoms with Crippen LogP contribution in [0.4, 0.5) is 0 Å². The van der Waals surface area contributed by atoms with Crippen LogP contribution in [0.5, 0.6) is 0 Å². The largest absolute Gasteiger partial charge is 0.479 e. The molecule has 0 saturated heterocycles. The molecule has 3 heteroatoms. The number of hydrogen-bond acceptors (Lipinski definition) is 2. The molecule has 2 N–H and O–H groups in total. The lowest BCUT2D eigenvalue weighted by Gasteiger charge is -2.30. The summed E-state index contributed by atoms with van der Waals surface area (Å²) in [6.45, 7) is 0. The first kappa shape index (κ1) is 16.9. The fourth-order valence-corrected chi connectivity index (χ4v) is 3.31. The SMILES string of the molecule is O=C(O)[C@@H](O)[C@H](c1ccccc1)C(c1ccccc1)c1ccccc1. The number of aliphatic carboxylic acids is 1. The normalized spacial score (nSPS) is 13.4. The number of carboxylic acids is 1. The summed E-state index contributed by atoms with van der Waals surface area (Å²) in [5.41, 5.74) is 2.75. The van der Waals surface area contributed by atoms with E-state index in [1.165, 1.54) is 0 Å². The minimum absolute atomic E-state index is 0.268. The Labute approximate surface area is 147 Å². The van der Waals surface area contributed by atoms with Gasteiger partial charge < -0.3 is 10.2 Å². The highest BCUT2D eigenvalue weighted by molar-refractivity contribution is 5.74. The van der Waals surface area contributed by atoms with Crippen LogP contribution in [0.25, 0.3) is 0 Å². The van der Waals surface area contributed by atoms with E-state index in [4.69, 9.17) is 0 Å². The van der Waals surface area contributed by atoms with E-state index in [2.05, 4.69) is 0 Å². The van der Waals surface area contributed by atoms with Crippen molar-refractivity contribution in [3.8, 4) is 0 Å². The van der Waals surface area contributed by atoms with Crippen molar-refractivity contribution in [3.63, 3.8) is 0 Å². The number of aliphatic hydroxyl groups is 1. The Morgan fingerprint density at radius 2 is 1.00 bits per heavy atom. The molecule has 2 atom stereocenters. The Morgan fingerprint density at radius 1 is 0.640 bits per heavy atom. The van der Waals surface area contributed by atoms with Gasteiger partial charge in [-0.05, 0) is 16.7 Å². The van der Waals surface area contributed by atoms with E-state index in [-0.39, 0.29) is 5.92 Å². The first-order valence-electron chi connectivity index (χ1n) is 8.24. The molecule has 0 heterocycles. The lowest BCUT2D eigenvalue weighted by Crippen LogP contribution is -2.32. The molecule has 0 unspecified atom stereocenters. The van der Waals surface area contributed by atoms with Gasteiger partial charge in [-0.2, -0.15) is 0 Å². The van der Waals surface area contributed by atoms with Crippen LogP contribution in [-0.2, 0) is 4.79 Å². The molecule has 3 aromatic rings. The molecule has 0 radical (unpaired) electrons. The smallest absolute Gasteiger partial charge is 0.333 e. The van der Waals surface area contributed by atoms with Crippen LogP contribution in [0.15, 0.2) is 91.0 Å². The van der Waals surface area contributed by atoms with Gasteiger partial charge in [-0.25, -0.2) is 4.79 Å². The number of carboxylic acid groups (broad SMARTS) is 1. The topological polar surface area (TPSA) is 57.5 Å². The minimum Gasteiger partial charge on any atom is -0.479 e. The van der Waals surface area contributed by atoms with Crippen LogP contribution >= 0.6 is 0 Å². The van der Waals surface area contributed by atoms with Gasteiger partial charge in [-0.3, -0.25) is 0 Å². The highest BCUT2D eigenvalue weighted by Gasteiger charge is 2.35. The van der Waals surface area contributed by atoms with E-state index >= 15 is 0 Å². The predicted molar refractivity (Wildman–Crippen MR) is 97.6 cm³/mol. The van der Waals surface area contributed by atoms with Crippen molar-refractivity contribution >= 4 is 5.97 Å². The fourth-order valence-electron chi connectivity index (χ4n) is 3.31. The summed E-state index contributed by atoms with van der Waals surface area (Å²) in [6.07, 6.45) is -1.51. The van der Waals surface area contributed by atoms with Crippen molar-refractivity contribution in [1.82, 2.24) is 0 Å². The predicted octanol–water partition coefficient (Wildman–Crippen LogP) is 4.05. The summed E-state index contributed by atoms with van der Waals surface area (Å²) >= 11 is 0. The van der Waals surface area contributed by atoms with E-state index in [9.17, 15) is 15.0 Å². The second-order valence-corrected chi connectivity index (χ2v) is 6.02. The minimum atomic E-state index is -1.51. The van der Waals surface area contributed by atoms with Crippen LogP contribution in [0.2, 0.25) is 0 Å². The highest BCUT2D eigenvalue weighted by atomic mass is 16.4. The number of rotatable bonds is 6. The Kier molecular flexibility index (Phi) is 5.26. The van der Waals surface area contributed by atoms with Gasteiger partial charge in [-0.1, -0.05) is 91.0 Å². The summed E-state index contributed by atoms with van der Waals surface area (Å²) in [5.74, 6) is -2.08. The van der Waals surface area contributed by atoms with E-state index in [0.29, 0.717) is 0 Å². The van der Waals surface area contributed by atoms with Crippen LogP contribution in [0.1, 0.15) is 28.5 Å². The molecule has 0 bridgehead atoms. The summed E-state index contributed by atoms with van der Waals surface area (Å²) in [7, 11) is 0. The third-order valence-corrected chi connectivity index (χ3v) is 4.45. The Hall–Kier alpha value is -2.91. The molecule has 0 spiro atoms. The average Bonchev–Trinajstić information content (AvgIpc) is 2.67. The van der Waals surface area contributed by atoms with Crippen molar-refractivity contribution < 1.29 is 15.0 Å². The van der Waals surface area contributed by atoms with E-state index in [1.807, 2.05) is 91.0 Å². The fraction of sp³-hybridized carbons (Fsp3) is 0.136. The van der Waals surface area contributed by atoms with Gasteiger partial charge in [0.05, 0.1) is 0 Å². The number of benzene rings is 3. The maximum Gasteiger partial charge on any atom is 0.333 e. The van der Waals surface area contributed by atoms with E-state index in [1.54, 1.807) is 0 Å². The summed E-state index contributed by atoms with van der Waals surface area (Å²) < 4.78 is 0. The molecular formula is C22H20O3. The number of hydrogen-bond donors (Lipinski definition) is 2. The molecule has 0 aliphatic heterocycles. The summed E-state index contributed by atoms with van der Waals surface area (Å²) in [5, 5.41) is 20.0. The monoisotopic (exact) mass is 332 g/mol. The molecule has 0 saturated carbocycles. The van der Waals surface area contributed by atoms with Crippen molar-refractivity contribution in [3.05, 3.63) is 108 Å². The lowest BCUT2D eigenvalue weighted by atomic mass is 9.74. The molecule has 0 amide bonds. The Balaban J connectivity index is 2.18. The van der Waals surface area contributed by atoms with Gasteiger partial charge in [0.1, 0.15) is 0 Å². The zero-order valence-electron chi connectivity index (χ0n) is 13.7. The molecule has 0 aliphatic rings. The van der Waals surface area contributed by atoms with Crippen molar-refractivity contribution in [1.29, 1.82) is 0 Å². The molecule has 0 fully saturated rings. The molecule has 0 aliphatic carbocycles. The second-order valence-electron chi connectivity index (χ2n) is 6.02. The number of carbonyl (C=O) groups is 1. The molecule has 3 nitrogen and oxygen atoms in total. The van der Waals surface area contributed by atoms with Gasteiger partial charge in [0.15, 0.2) is 6.10 Å². The van der Waals surface area contributed by atoms with Gasteiger partial charge in [-0.15, -0.1) is 0 Å².